The molecule has 0 aliphatic rings. The van der Waals surface area contributed by atoms with Crippen LogP contribution in [0.25, 0.3) is 0 Å². The predicted molar refractivity (Wildman–Crippen MR) is 90.6 cm³/mol. The van der Waals surface area contributed by atoms with Crippen LogP contribution in [0.2, 0.25) is 0 Å². The summed E-state index contributed by atoms with van der Waals surface area (Å²) in [5, 5.41) is 2.74. The van der Waals surface area contributed by atoms with Gasteiger partial charge in [0.05, 0.1) is 18.3 Å². The minimum atomic E-state index is -2.98. The van der Waals surface area contributed by atoms with Gasteiger partial charge in [0.15, 0.2) is 0 Å². The molecule has 0 aliphatic carbocycles. The Labute approximate surface area is 145 Å². The number of rotatable bonds is 8. The average molecular weight is 349 g/mol. The average Bonchev–Trinajstić information content (AvgIpc) is 2.58. The van der Waals surface area contributed by atoms with E-state index >= 15 is 0 Å². The Hall–Kier alpha value is -2.47. The van der Waals surface area contributed by atoms with Crippen molar-refractivity contribution in [2.75, 3.05) is 0 Å². The Bertz CT molecular complexity index is 705. The number of carbonyl (C=O) groups excluding carboxylic acids is 1. The number of halogens is 2. The van der Waals surface area contributed by atoms with E-state index in [1.165, 1.54) is 18.2 Å². The Morgan fingerprint density at radius 2 is 1.68 bits per heavy atom. The van der Waals surface area contributed by atoms with Crippen LogP contribution in [-0.2, 0) is 17.9 Å². The summed E-state index contributed by atoms with van der Waals surface area (Å²) in [6, 6.07) is 13.5. The molecule has 134 valence electrons. The Kier molecular flexibility index (Phi) is 6.89. The molecule has 0 saturated carbocycles. The molecule has 0 fully saturated rings. The predicted octanol–water partition coefficient (Wildman–Crippen LogP) is 4.14. The molecule has 1 amide bonds. The van der Waals surface area contributed by atoms with Gasteiger partial charge in [0, 0.05) is 6.54 Å². The number of hydrogen-bond donors (Lipinski definition) is 1. The number of carbonyl (C=O) groups is 1. The quantitative estimate of drug-likeness (QED) is 0.779. The number of para-hydroxylation sites is 1. The first-order valence-corrected chi connectivity index (χ1v) is 7.97. The zero-order valence-electron chi connectivity index (χ0n) is 14.2. The first kappa shape index (κ1) is 18.9. The molecule has 2 aromatic rings. The van der Waals surface area contributed by atoms with E-state index in [9.17, 15) is 13.6 Å². The second-order valence-electron chi connectivity index (χ2n) is 5.69. The summed E-state index contributed by atoms with van der Waals surface area (Å²) in [7, 11) is 0. The highest BCUT2D eigenvalue weighted by molar-refractivity contribution is 5.96. The van der Waals surface area contributed by atoms with E-state index in [0.29, 0.717) is 6.61 Å². The fourth-order valence-corrected chi connectivity index (χ4v) is 2.25. The van der Waals surface area contributed by atoms with Crippen LogP contribution < -0.4 is 10.1 Å². The molecule has 1 N–H and O–H groups in total. The van der Waals surface area contributed by atoms with Crippen molar-refractivity contribution in [1.82, 2.24) is 5.32 Å². The number of nitrogens with one attached hydrogen (secondary N) is 1. The minimum absolute atomic E-state index is 0.0683. The van der Waals surface area contributed by atoms with Gasteiger partial charge < -0.3 is 14.8 Å². The summed E-state index contributed by atoms with van der Waals surface area (Å²) >= 11 is 0. The lowest BCUT2D eigenvalue weighted by Crippen LogP contribution is -2.24. The van der Waals surface area contributed by atoms with Crippen LogP contribution in [-0.4, -0.2) is 18.6 Å². The van der Waals surface area contributed by atoms with E-state index in [1.54, 1.807) is 6.07 Å². The molecule has 0 heterocycles. The molecule has 0 radical (unpaired) electrons. The van der Waals surface area contributed by atoms with Crippen molar-refractivity contribution in [2.45, 2.75) is 39.7 Å². The highest BCUT2D eigenvalue weighted by Gasteiger charge is 2.15. The SMILES string of the molecule is CC(C)OCc1ccccc1CNC(=O)c1ccccc1OC(F)F. The fourth-order valence-electron chi connectivity index (χ4n) is 2.25. The smallest absolute Gasteiger partial charge is 0.387 e. The zero-order chi connectivity index (χ0) is 18.2. The summed E-state index contributed by atoms with van der Waals surface area (Å²) < 4.78 is 34.9. The topological polar surface area (TPSA) is 47.6 Å². The van der Waals surface area contributed by atoms with Gasteiger partial charge in [-0.2, -0.15) is 8.78 Å². The Morgan fingerprint density at radius 3 is 2.36 bits per heavy atom. The van der Waals surface area contributed by atoms with Gasteiger partial charge in [0.25, 0.3) is 5.91 Å². The van der Waals surface area contributed by atoms with Crippen molar-refractivity contribution >= 4 is 5.91 Å². The third-order valence-electron chi connectivity index (χ3n) is 3.48. The van der Waals surface area contributed by atoms with Gasteiger partial charge in [-0.1, -0.05) is 36.4 Å². The summed E-state index contributed by atoms with van der Waals surface area (Å²) in [6.45, 7) is 1.62. The molecule has 6 heteroatoms. The van der Waals surface area contributed by atoms with Crippen molar-refractivity contribution in [3.8, 4) is 5.75 Å². The molecule has 4 nitrogen and oxygen atoms in total. The number of alkyl halides is 2. The summed E-state index contributed by atoms with van der Waals surface area (Å²) in [4.78, 5) is 12.3. The molecule has 0 bridgehead atoms. The van der Waals surface area contributed by atoms with Crippen molar-refractivity contribution in [3.63, 3.8) is 0 Å². The molecule has 0 unspecified atom stereocenters. The van der Waals surface area contributed by atoms with Crippen LogP contribution in [0.5, 0.6) is 5.75 Å². The molecular weight excluding hydrogens is 328 g/mol. The fraction of sp³-hybridized carbons (Fsp3) is 0.316. The maximum atomic E-state index is 12.4. The molecule has 0 atom stereocenters. The van der Waals surface area contributed by atoms with E-state index in [2.05, 4.69) is 10.1 Å². The number of ether oxygens (including phenoxy) is 2. The molecular formula is C19H21F2NO3. The first-order chi connectivity index (χ1) is 12.0. The Morgan fingerprint density at radius 1 is 1.04 bits per heavy atom. The van der Waals surface area contributed by atoms with Crippen molar-refractivity contribution in [2.24, 2.45) is 0 Å². The van der Waals surface area contributed by atoms with Gasteiger partial charge in [0.2, 0.25) is 0 Å². The van der Waals surface area contributed by atoms with Gasteiger partial charge in [-0.25, -0.2) is 0 Å². The Balaban J connectivity index is 2.06. The standard InChI is InChI=1S/C19H21F2NO3/c1-13(2)24-12-15-8-4-3-7-14(15)11-22-18(23)16-9-5-6-10-17(16)25-19(20)21/h3-10,13,19H,11-12H2,1-2H3,(H,22,23). The second-order valence-corrected chi connectivity index (χ2v) is 5.69. The number of benzene rings is 2. The van der Waals surface area contributed by atoms with Crippen molar-refractivity contribution < 1.29 is 23.0 Å². The lowest BCUT2D eigenvalue weighted by Gasteiger charge is -2.14. The highest BCUT2D eigenvalue weighted by atomic mass is 19.3. The van der Waals surface area contributed by atoms with E-state index < -0.39 is 12.5 Å². The van der Waals surface area contributed by atoms with Crippen LogP contribution in [0.4, 0.5) is 8.78 Å². The van der Waals surface area contributed by atoms with E-state index in [0.717, 1.165) is 11.1 Å². The lowest BCUT2D eigenvalue weighted by atomic mass is 10.1. The third kappa shape index (κ3) is 5.83. The highest BCUT2D eigenvalue weighted by Crippen LogP contribution is 2.20. The van der Waals surface area contributed by atoms with Crippen LogP contribution >= 0.6 is 0 Å². The van der Waals surface area contributed by atoms with E-state index in [1.807, 2.05) is 38.1 Å². The van der Waals surface area contributed by atoms with Gasteiger partial charge >= 0.3 is 6.61 Å². The normalized spacial score (nSPS) is 11.0. The minimum Gasteiger partial charge on any atom is -0.434 e. The molecule has 25 heavy (non-hydrogen) atoms. The summed E-state index contributed by atoms with van der Waals surface area (Å²) in [5.74, 6) is -0.623. The molecule has 0 spiro atoms. The van der Waals surface area contributed by atoms with E-state index in [4.69, 9.17) is 4.74 Å². The molecule has 2 aromatic carbocycles. The molecule has 0 aromatic heterocycles. The largest absolute Gasteiger partial charge is 0.434 e. The van der Waals surface area contributed by atoms with Gasteiger partial charge in [-0.3, -0.25) is 4.79 Å². The van der Waals surface area contributed by atoms with Crippen LogP contribution in [0, 0.1) is 0 Å². The lowest BCUT2D eigenvalue weighted by molar-refractivity contribution is -0.0501. The number of amides is 1. The van der Waals surface area contributed by atoms with E-state index in [-0.39, 0.29) is 24.0 Å². The third-order valence-corrected chi connectivity index (χ3v) is 3.48. The first-order valence-electron chi connectivity index (χ1n) is 7.97. The summed E-state index contributed by atoms with van der Waals surface area (Å²) in [5.41, 5.74) is 1.94. The molecule has 0 aliphatic heterocycles. The van der Waals surface area contributed by atoms with Gasteiger partial charge in [-0.15, -0.1) is 0 Å². The van der Waals surface area contributed by atoms with Crippen molar-refractivity contribution in [1.29, 1.82) is 0 Å². The second kappa shape index (κ2) is 9.13. The van der Waals surface area contributed by atoms with Crippen LogP contribution in [0.1, 0.15) is 35.3 Å². The van der Waals surface area contributed by atoms with Crippen LogP contribution in [0.15, 0.2) is 48.5 Å². The van der Waals surface area contributed by atoms with Gasteiger partial charge in [-0.05, 0) is 37.1 Å². The molecule has 2 rings (SSSR count). The molecule has 0 saturated heterocycles. The zero-order valence-corrected chi connectivity index (χ0v) is 14.2. The maximum Gasteiger partial charge on any atom is 0.387 e. The van der Waals surface area contributed by atoms with Gasteiger partial charge in [0.1, 0.15) is 5.75 Å². The maximum absolute atomic E-state index is 12.4. The van der Waals surface area contributed by atoms with Crippen LogP contribution in [0.3, 0.4) is 0 Å². The number of hydrogen-bond acceptors (Lipinski definition) is 3. The van der Waals surface area contributed by atoms with Crippen molar-refractivity contribution in [3.05, 3.63) is 65.2 Å². The summed E-state index contributed by atoms with van der Waals surface area (Å²) in [6.07, 6.45) is 0.0982. The monoisotopic (exact) mass is 349 g/mol.